The van der Waals surface area contributed by atoms with Crippen LogP contribution >= 0.6 is 11.6 Å². The van der Waals surface area contributed by atoms with E-state index in [0.29, 0.717) is 29.8 Å². The average Bonchev–Trinajstić information content (AvgIpc) is 2.77. The molecule has 0 aromatic heterocycles. The predicted molar refractivity (Wildman–Crippen MR) is 124 cm³/mol. The summed E-state index contributed by atoms with van der Waals surface area (Å²) >= 11 is 6.02. The molecule has 1 heterocycles. The SMILES string of the molecule is CC[C@@H](C)OC(=O)C1=C(C)NC2=C(C(=O)[C@H](C(=O)OC)[C@H](C)C2)[C@@H]1c1ccc(Cl)c([N+](=O)[O-])c1. The Kier molecular flexibility index (Phi) is 7.45. The van der Waals surface area contributed by atoms with Crippen LogP contribution in [0.25, 0.3) is 0 Å². The molecule has 1 aromatic carbocycles. The van der Waals surface area contributed by atoms with E-state index in [9.17, 15) is 24.5 Å². The molecule has 34 heavy (non-hydrogen) atoms. The molecule has 0 amide bonds. The number of allylic oxidation sites excluding steroid dienone is 3. The number of nitrogens with one attached hydrogen (secondary N) is 1. The minimum atomic E-state index is -1.06. The molecule has 0 saturated heterocycles. The van der Waals surface area contributed by atoms with Crippen molar-refractivity contribution in [2.45, 2.75) is 52.6 Å². The number of carbonyl (C=O) groups excluding carboxylic acids is 3. The number of dihydropyridines is 1. The van der Waals surface area contributed by atoms with E-state index in [-0.39, 0.29) is 33.9 Å². The molecule has 0 bridgehead atoms. The highest BCUT2D eigenvalue weighted by Crippen LogP contribution is 2.46. The third-order valence-electron chi connectivity index (χ3n) is 6.35. The van der Waals surface area contributed by atoms with Gasteiger partial charge < -0.3 is 14.8 Å². The standard InChI is InChI=1S/C24H27ClN2O7/c1-6-12(3)34-24(30)19-13(4)26-16-9-11(2)18(23(29)33-5)22(28)21(16)20(19)14-7-8-15(25)17(10-14)27(31)32/h7-8,10-12,18,20,26H,6,9H2,1-5H3/t11-,12-,18-,20-/m1/s1. The molecule has 1 aliphatic heterocycles. The van der Waals surface area contributed by atoms with Crippen molar-refractivity contribution in [3.05, 3.63) is 61.4 Å². The van der Waals surface area contributed by atoms with Gasteiger partial charge in [-0.3, -0.25) is 19.7 Å². The number of nitro groups is 1. The summed E-state index contributed by atoms with van der Waals surface area (Å²) in [7, 11) is 1.21. The zero-order chi connectivity index (χ0) is 25.3. The zero-order valence-electron chi connectivity index (χ0n) is 19.6. The van der Waals surface area contributed by atoms with Crippen molar-refractivity contribution < 1.29 is 28.8 Å². The first-order valence-electron chi connectivity index (χ1n) is 11.0. The first-order chi connectivity index (χ1) is 16.0. The number of carbonyl (C=O) groups is 3. The third kappa shape index (κ3) is 4.57. The summed E-state index contributed by atoms with van der Waals surface area (Å²) in [5.74, 6) is -4.17. The quantitative estimate of drug-likeness (QED) is 0.272. The second-order valence-electron chi connectivity index (χ2n) is 8.63. The maximum Gasteiger partial charge on any atom is 0.337 e. The largest absolute Gasteiger partial charge is 0.468 e. The van der Waals surface area contributed by atoms with Crippen molar-refractivity contribution in [2.24, 2.45) is 11.8 Å². The monoisotopic (exact) mass is 490 g/mol. The number of halogens is 1. The number of hydrogen-bond donors (Lipinski definition) is 1. The number of hydrogen-bond acceptors (Lipinski definition) is 8. The van der Waals surface area contributed by atoms with Gasteiger partial charge >= 0.3 is 11.9 Å². The number of nitrogens with zero attached hydrogens (tertiary/aromatic N) is 1. The minimum Gasteiger partial charge on any atom is -0.468 e. The second kappa shape index (κ2) is 9.97. The Morgan fingerprint density at radius 2 is 2.03 bits per heavy atom. The Morgan fingerprint density at radius 3 is 2.62 bits per heavy atom. The first-order valence-corrected chi connectivity index (χ1v) is 11.4. The number of rotatable bonds is 6. The Morgan fingerprint density at radius 1 is 1.35 bits per heavy atom. The van der Waals surface area contributed by atoms with E-state index in [0.717, 1.165) is 0 Å². The van der Waals surface area contributed by atoms with Crippen LogP contribution in [0.4, 0.5) is 5.69 Å². The Hall–Kier alpha value is -3.20. The van der Waals surface area contributed by atoms with Crippen LogP contribution in [-0.2, 0) is 23.9 Å². The van der Waals surface area contributed by atoms with Gasteiger partial charge in [-0.2, -0.15) is 0 Å². The van der Waals surface area contributed by atoms with Crippen LogP contribution < -0.4 is 5.32 Å². The van der Waals surface area contributed by atoms with Gasteiger partial charge in [-0.15, -0.1) is 0 Å². The maximum absolute atomic E-state index is 13.7. The summed E-state index contributed by atoms with van der Waals surface area (Å²) in [5.41, 5.74) is 1.37. The van der Waals surface area contributed by atoms with Gasteiger partial charge in [0.1, 0.15) is 10.9 Å². The van der Waals surface area contributed by atoms with E-state index >= 15 is 0 Å². The summed E-state index contributed by atoms with van der Waals surface area (Å²) in [5, 5.41) is 14.6. The molecule has 0 fully saturated rings. The van der Waals surface area contributed by atoms with Gasteiger partial charge in [-0.05, 0) is 44.2 Å². The molecule has 10 heteroatoms. The highest BCUT2D eigenvalue weighted by molar-refractivity contribution is 6.32. The molecule has 182 valence electrons. The van der Waals surface area contributed by atoms with E-state index in [1.54, 1.807) is 20.8 Å². The third-order valence-corrected chi connectivity index (χ3v) is 6.67. The summed E-state index contributed by atoms with van der Waals surface area (Å²) < 4.78 is 10.4. The smallest absolute Gasteiger partial charge is 0.337 e. The fourth-order valence-electron chi connectivity index (χ4n) is 4.46. The molecule has 0 saturated carbocycles. The lowest BCUT2D eigenvalue weighted by atomic mass is 9.69. The second-order valence-corrected chi connectivity index (χ2v) is 9.03. The van der Waals surface area contributed by atoms with Crippen molar-refractivity contribution in [1.82, 2.24) is 5.32 Å². The number of ether oxygens (including phenoxy) is 2. The van der Waals surface area contributed by atoms with Crippen LogP contribution in [0.15, 0.2) is 40.7 Å². The molecule has 2 aliphatic rings. The maximum atomic E-state index is 13.7. The average molecular weight is 491 g/mol. The van der Waals surface area contributed by atoms with Crippen LogP contribution in [-0.4, -0.2) is 35.9 Å². The van der Waals surface area contributed by atoms with Crippen molar-refractivity contribution >= 4 is 35.0 Å². The van der Waals surface area contributed by atoms with Gasteiger partial charge in [0, 0.05) is 29.0 Å². The Balaban J connectivity index is 2.23. The molecule has 1 aromatic rings. The van der Waals surface area contributed by atoms with E-state index in [1.165, 1.54) is 25.3 Å². The lowest BCUT2D eigenvalue weighted by molar-refractivity contribution is -0.384. The highest BCUT2D eigenvalue weighted by atomic mass is 35.5. The van der Waals surface area contributed by atoms with Crippen molar-refractivity contribution in [1.29, 1.82) is 0 Å². The molecule has 4 atom stereocenters. The summed E-state index contributed by atoms with van der Waals surface area (Å²) in [6, 6.07) is 4.15. The normalized spacial score (nSPS) is 23.1. The summed E-state index contributed by atoms with van der Waals surface area (Å²) in [6.07, 6.45) is 0.559. The van der Waals surface area contributed by atoms with Crippen LogP contribution in [0.3, 0.4) is 0 Å². The minimum absolute atomic E-state index is 0.0719. The van der Waals surface area contributed by atoms with Crippen molar-refractivity contribution in [3.8, 4) is 0 Å². The van der Waals surface area contributed by atoms with Gasteiger partial charge in [0.15, 0.2) is 5.78 Å². The van der Waals surface area contributed by atoms with E-state index < -0.39 is 34.5 Å². The Bertz CT molecular complexity index is 1120. The fourth-order valence-corrected chi connectivity index (χ4v) is 4.65. The van der Waals surface area contributed by atoms with E-state index in [1.807, 2.05) is 6.92 Å². The number of ketones is 1. The predicted octanol–water partition coefficient (Wildman–Crippen LogP) is 4.20. The number of nitro benzene ring substituents is 1. The van der Waals surface area contributed by atoms with Crippen LogP contribution in [0.1, 0.15) is 52.0 Å². The van der Waals surface area contributed by atoms with E-state index in [2.05, 4.69) is 5.32 Å². The van der Waals surface area contributed by atoms with Crippen molar-refractivity contribution in [2.75, 3.05) is 7.11 Å². The van der Waals surface area contributed by atoms with Crippen molar-refractivity contribution in [3.63, 3.8) is 0 Å². The number of methoxy groups -OCH3 is 1. The number of esters is 2. The lowest BCUT2D eigenvalue weighted by Gasteiger charge is -2.38. The first kappa shape index (κ1) is 25.4. The van der Waals surface area contributed by atoms with Gasteiger partial charge in [0.25, 0.3) is 5.69 Å². The zero-order valence-corrected chi connectivity index (χ0v) is 20.4. The summed E-state index contributed by atoms with van der Waals surface area (Å²) in [4.78, 5) is 50.3. The number of benzene rings is 1. The number of Topliss-reactive ketones (excluding diaryl/α,β-unsaturated/α-hetero) is 1. The molecule has 0 radical (unpaired) electrons. The van der Waals surface area contributed by atoms with Crippen LogP contribution in [0.2, 0.25) is 5.02 Å². The van der Waals surface area contributed by atoms with Gasteiger partial charge in [0.2, 0.25) is 0 Å². The molecule has 1 aliphatic carbocycles. The molecule has 0 unspecified atom stereocenters. The van der Waals surface area contributed by atoms with Gasteiger partial charge in [0.05, 0.1) is 23.7 Å². The molecule has 9 nitrogen and oxygen atoms in total. The van der Waals surface area contributed by atoms with Crippen LogP contribution in [0.5, 0.6) is 0 Å². The molecule has 3 rings (SSSR count). The van der Waals surface area contributed by atoms with Gasteiger partial charge in [-0.25, -0.2) is 4.79 Å². The lowest BCUT2D eigenvalue weighted by Crippen LogP contribution is -2.43. The fraction of sp³-hybridized carbons (Fsp3) is 0.458. The topological polar surface area (TPSA) is 125 Å². The highest BCUT2D eigenvalue weighted by Gasteiger charge is 2.47. The Labute approximate surface area is 202 Å². The van der Waals surface area contributed by atoms with E-state index in [4.69, 9.17) is 21.1 Å². The summed E-state index contributed by atoms with van der Waals surface area (Å²) in [6.45, 7) is 7.08. The van der Waals surface area contributed by atoms with Crippen LogP contribution in [0, 0.1) is 22.0 Å². The molecule has 1 N–H and O–H groups in total. The molecular weight excluding hydrogens is 464 g/mol. The van der Waals surface area contributed by atoms with Gasteiger partial charge in [-0.1, -0.05) is 31.5 Å². The molecular formula is C24H27ClN2O7. The molecule has 0 spiro atoms.